The first kappa shape index (κ1) is 13.1. The molecule has 2 aromatic heterocycles. The van der Waals surface area contributed by atoms with Crippen LogP contribution in [0.25, 0.3) is 5.65 Å². The van der Waals surface area contributed by atoms with Crippen LogP contribution in [-0.2, 0) is 0 Å². The second kappa shape index (κ2) is 5.24. The fourth-order valence-corrected chi connectivity index (χ4v) is 2.78. The zero-order chi connectivity index (χ0) is 14.1. The minimum Gasteiger partial charge on any atom is -0.358 e. The van der Waals surface area contributed by atoms with Crippen molar-refractivity contribution in [2.24, 2.45) is 0 Å². The standard InChI is InChI=1S/C13H20N6O/c1-9-15-11(7-12-16-17-13(20)19(9)12)18(2)8-10-5-3-4-6-14-10/h7,10,14H,3-6,8H2,1-2H3,(H,17,20). The molecule has 3 heterocycles. The number of piperidine rings is 1. The second-order valence-electron chi connectivity index (χ2n) is 5.41. The van der Waals surface area contributed by atoms with E-state index in [4.69, 9.17) is 0 Å². The summed E-state index contributed by atoms with van der Waals surface area (Å²) in [6.07, 6.45) is 3.75. The van der Waals surface area contributed by atoms with E-state index >= 15 is 0 Å². The van der Waals surface area contributed by atoms with Gasteiger partial charge in [-0.3, -0.25) is 0 Å². The van der Waals surface area contributed by atoms with Crippen LogP contribution in [0.2, 0.25) is 0 Å². The molecular formula is C13H20N6O. The van der Waals surface area contributed by atoms with Gasteiger partial charge < -0.3 is 10.2 Å². The third-order valence-corrected chi connectivity index (χ3v) is 3.85. The van der Waals surface area contributed by atoms with Gasteiger partial charge in [-0.1, -0.05) is 6.42 Å². The van der Waals surface area contributed by atoms with Crippen LogP contribution in [0.5, 0.6) is 0 Å². The Balaban J connectivity index is 1.83. The summed E-state index contributed by atoms with van der Waals surface area (Å²) in [5.41, 5.74) is 0.370. The Hall–Kier alpha value is -1.89. The van der Waals surface area contributed by atoms with Crippen LogP contribution in [0.3, 0.4) is 0 Å². The number of fused-ring (bicyclic) bond motifs is 1. The van der Waals surface area contributed by atoms with Crippen molar-refractivity contribution in [3.8, 4) is 0 Å². The minimum atomic E-state index is -0.242. The Morgan fingerprint density at radius 1 is 1.50 bits per heavy atom. The number of hydrogen-bond donors (Lipinski definition) is 2. The second-order valence-corrected chi connectivity index (χ2v) is 5.41. The quantitative estimate of drug-likeness (QED) is 0.843. The number of aryl methyl sites for hydroxylation is 1. The van der Waals surface area contributed by atoms with Gasteiger partial charge in [-0.15, -0.1) is 0 Å². The van der Waals surface area contributed by atoms with Crippen molar-refractivity contribution < 1.29 is 0 Å². The zero-order valence-electron chi connectivity index (χ0n) is 11.9. The van der Waals surface area contributed by atoms with Crippen LogP contribution in [0, 0.1) is 6.92 Å². The molecule has 0 saturated carbocycles. The maximum absolute atomic E-state index is 11.6. The predicted octanol–water partition coefficient (Wildman–Crippen LogP) is 0.304. The molecule has 1 aliphatic heterocycles. The Morgan fingerprint density at radius 2 is 2.35 bits per heavy atom. The molecule has 1 fully saturated rings. The number of anilines is 1. The molecule has 108 valence electrons. The average Bonchev–Trinajstić information content (AvgIpc) is 2.82. The summed E-state index contributed by atoms with van der Waals surface area (Å²) in [6.45, 7) is 3.83. The van der Waals surface area contributed by atoms with Crippen molar-refractivity contribution in [2.45, 2.75) is 32.2 Å². The van der Waals surface area contributed by atoms with Gasteiger partial charge in [0.15, 0.2) is 5.65 Å². The lowest BCUT2D eigenvalue weighted by Gasteiger charge is -2.28. The largest absolute Gasteiger partial charge is 0.358 e. The Morgan fingerprint density at radius 3 is 3.10 bits per heavy atom. The molecule has 0 aromatic carbocycles. The maximum Gasteiger partial charge on any atom is 0.349 e. The maximum atomic E-state index is 11.6. The van der Waals surface area contributed by atoms with Gasteiger partial charge in [-0.05, 0) is 26.3 Å². The predicted molar refractivity (Wildman–Crippen MR) is 77.3 cm³/mol. The van der Waals surface area contributed by atoms with Crippen molar-refractivity contribution >= 4 is 11.5 Å². The van der Waals surface area contributed by atoms with Crippen LogP contribution < -0.4 is 15.9 Å². The highest BCUT2D eigenvalue weighted by Crippen LogP contribution is 2.15. The SMILES string of the molecule is Cc1nc(N(C)CC2CCCCN2)cc2n[nH]c(=O)n12. The number of likely N-dealkylation sites (N-methyl/N-ethyl adjacent to an activating group) is 1. The molecule has 20 heavy (non-hydrogen) atoms. The lowest BCUT2D eigenvalue weighted by molar-refractivity contribution is 0.403. The molecule has 0 amide bonds. The first-order valence-corrected chi connectivity index (χ1v) is 7.04. The van der Waals surface area contributed by atoms with Crippen LogP contribution in [0.1, 0.15) is 25.1 Å². The molecule has 2 N–H and O–H groups in total. The molecule has 0 bridgehead atoms. The van der Waals surface area contributed by atoms with Gasteiger partial charge >= 0.3 is 5.69 Å². The molecule has 0 aliphatic carbocycles. The van der Waals surface area contributed by atoms with E-state index in [0.29, 0.717) is 17.5 Å². The van der Waals surface area contributed by atoms with E-state index in [1.807, 2.05) is 20.0 Å². The summed E-state index contributed by atoms with van der Waals surface area (Å²) in [5, 5.41) is 9.99. The lowest BCUT2D eigenvalue weighted by Crippen LogP contribution is -2.42. The first-order chi connectivity index (χ1) is 9.65. The molecule has 1 aliphatic rings. The van der Waals surface area contributed by atoms with Gasteiger partial charge in [0.05, 0.1) is 0 Å². The van der Waals surface area contributed by atoms with Crippen LogP contribution in [0.15, 0.2) is 10.9 Å². The number of H-pyrrole nitrogens is 1. The number of aromatic nitrogens is 4. The summed E-state index contributed by atoms with van der Waals surface area (Å²) >= 11 is 0. The van der Waals surface area contributed by atoms with E-state index in [0.717, 1.165) is 18.9 Å². The fourth-order valence-electron chi connectivity index (χ4n) is 2.78. The van der Waals surface area contributed by atoms with Crippen molar-refractivity contribution in [2.75, 3.05) is 25.0 Å². The van der Waals surface area contributed by atoms with Gasteiger partial charge in [-0.25, -0.2) is 19.3 Å². The summed E-state index contributed by atoms with van der Waals surface area (Å²) in [7, 11) is 2.03. The van der Waals surface area contributed by atoms with E-state index < -0.39 is 0 Å². The summed E-state index contributed by atoms with van der Waals surface area (Å²) in [6, 6.07) is 2.35. The van der Waals surface area contributed by atoms with Crippen molar-refractivity contribution in [3.05, 3.63) is 22.4 Å². The number of nitrogens with zero attached hydrogens (tertiary/aromatic N) is 4. The molecule has 1 atom stereocenters. The number of rotatable bonds is 3. The highest BCUT2D eigenvalue weighted by molar-refractivity contribution is 5.51. The number of nitrogens with one attached hydrogen (secondary N) is 2. The van der Waals surface area contributed by atoms with E-state index in [2.05, 4.69) is 25.4 Å². The third-order valence-electron chi connectivity index (χ3n) is 3.85. The smallest absolute Gasteiger partial charge is 0.349 e. The van der Waals surface area contributed by atoms with E-state index in [1.165, 1.54) is 23.7 Å². The van der Waals surface area contributed by atoms with Crippen molar-refractivity contribution in [1.82, 2.24) is 24.9 Å². The van der Waals surface area contributed by atoms with Gasteiger partial charge in [0.25, 0.3) is 0 Å². The van der Waals surface area contributed by atoms with E-state index in [-0.39, 0.29) is 5.69 Å². The van der Waals surface area contributed by atoms with Crippen molar-refractivity contribution in [3.63, 3.8) is 0 Å². The molecule has 3 rings (SSSR count). The monoisotopic (exact) mass is 276 g/mol. The first-order valence-electron chi connectivity index (χ1n) is 7.04. The molecule has 0 spiro atoms. The van der Waals surface area contributed by atoms with Crippen LogP contribution >= 0.6 is 0 Å². The Kier molecular flexibility index (Phi) is 3.43. The molecule has 1 saturated heterocycles. The highest BCUT2D eigenvalue weighted by Gasteiger charge is 2.16. The van der Waals surface area contributed by atoms with E-state index in [9.17, 15) is 4.79 Å². The molecule has 7 heteroatoms. The summed E-state index contributed by atoms with van der Waals surface area (Å²) in [5.74, 6) is 1.50. The normalized spacial score (nSPS) is 19.4. The molecule has 7 nitrogen and oxygen atoms in total. The topological polar surface area (TPSA) is 78.3 Å². The Labute approximate surface area is 117 Å². The van der Waals surface area contributed by atoms with Crippen LogP contribution in [-0.4, -0.2) is 45.8 Å². The third kappa shape index (κ3) is 2.40. The molecule has 2 aromatic rings. The molecule has 1 unspecified atom stereocenters. The number of aromatic amines is 1. The van der Waals surface area contributed by atoms with E-state index in [1.54, 1.807) is 0 Å². The van der Waals surface area contributed by atoms with Gasteiger partial charge in [0, 0.05) is 25.7 Å². The highest BCUT2D eigenvalue weighted by atomic mass is 16.1. The number of hydrogen-bond acceptors (Lipinski definition) is 5. The van der Waals surface area contributed by atoms with Crippen LogP contribution in [0.4, 0.5) is 5.82 Å². The lowest BCUT2D eigenvalue weighted by atomic mass is 10.0. The van der Waals surface area contributed by atoms with Gasteiger partial charge in [0.1, 0.15) is 11.6 Å². The summed E-state index contributed by atoms with van der Waals surface area (Å²) < 4.78 is 1.48. The van der Waals surface area contributed by atoms with Crippen molar-refractivity contribution in [1.29, 1.82) is 0 Å². The molecule has 0 radical (unpaired) electrons. The van der Waals surface area contributed by atoms with Gasteiger partial charge in [-0.2, -0.15) is 5.10 Å². The average molecular weight is 276 g/mol. The zero-order valence-corrected chi connectivity index (χ0v) is 11.9. The molecular weight excluding hydrogens is 256 g/mol. The summed E-state index contributed by atoms with van der Waals surface area (Å²) in [4.78, 5) is 18.2. The fraction of sp³-hybridized carbons (Fsp3) is 0.615. The Bertz CT molecular complexity index is 654. The minimum absolute atomic E-state index is 0.242. The van der Waals surface area contributed by atoms with Gasteiger partial charge in [0.2, 0.25) is 0 Å².